The van der Waals surface area contributed by atoms with Crippen LogP contribution in [0.15, 0.2) is 30.3 Å². The number of piperidine rings is 1. The molecule has 2 heterocycles. The van der Waals surface area contributed by atoms with E-state index in [1.807, 2.05) is 25.7 Å². The van der Waals surface area contributed by atoms with Crippen molar-refractivity contribution in [3.05, 3.63) is 35.9 Å². The van der Waals surface area contributed by atoms with Crippen LogP contribution in [0.1, 0.15) is 45.6 Å². The molecule has 2 aliphatic heterocycles. The molecule has 0 aliphatic carbocycles. The minimum absolute atomic E-state index is 0.153. The molecule has 1 spiro atoms. The van der Waals surface area contributed by atoms with Gasteiger partial charge >= 0.3 is 6.09 Å². The number of hydrogen-bond donors (Lipinski definition) is 0. The van der Waals surface area contributed by atoms with Gasteiger partial charge in [-0.15, -0.1) is 0 Å². The molecule has 4 nitrogen and oxygen atoms in total. The molecule has 0 radical (unpaired) electrons. The largest absolute Gasteiger partial charge is 0.444 e. The predicted octanol–water partition coefficient (Wildman–Crippen LogP) is 3.91. The number of carbonyl (C=O) groups excluding carboxylic acids is 1. The van der Waals surface area contributed by atoms with Gasteiger partial charge in [0.15, 0.2) is 0 Å². The van der Waals surface area contributed by atoms with Crippen molar-refractivity contribution in [1.82, 2.24) is 9.80 Å². The lowest BCUT2D eigenvalue weighted by Crippen LogP contribution is -2.45. The number of amides is 1. The van der Waals surface area contributed by atoms with Gasteiger partial charge in [-0.2, -0.15) is 0 Å². The Bertz CT molecular complexity index is 567. The summed E-state index contributed by atoms with van der Waals surface area (Å²) in [6, 6.07) is 10.7. The Morgan fingerprint density at radius 2 is 1.88 bits per heavy atom. The maximum atomic E-state index is 12.3. The zero-order chi connectivity index (χ0) is 17.2. The van der Waals surface area contributed by atoms with Crippen molar-refractivity contribution < 1.29 is 9.53 Å². The van der Waals surface area contributed by atoms with E-state index in [0.717, 1.165) is 39.1 Å². The maximum absolute atomic E-state index is 12.3. The quantitative estimate of drug-likeness (QED) is 0.824. The van der Waals surface area contributed by atoms with Gasteiger partial charge in [0.2, 0.25) is 0 Å². The summed E-state index contributed by atoms with van der Waals surface area (Å²) in [6.07, 6.45) is 3.38. The molecule has 2 saturated heterocycles. The Hall–Kier alpha value is -1.55. The van der Waals surface area contributed by atoms with E-state index in [0.29, 0.717) is 0 Å². The molecule has 0 N–H and O–H groups in total. The third-order valence-corrected chi connectivity index (χ3v) is 5.08. The molecule has 0 saturated carbocycles. The Kier molecular flexibility index (Phi) is 4.86. The number of rotatable bonds is 2. The molecule has 1 aromatic rings. The summed E-state index contributed by atoms with van der Waals surface area (Å²) in [5, 5.41) is 0. The van der Waals surface area contributed by atoms with Crippen LogP contribution in [-0.2, 0) is 11.3 Å². The molecule has 132 valence electrons. The van der Waals surface area contributed by atoms with Crippen LogP contribution in [0.4, 0.5) is 4.79 Å². The van der Waals surface area contributed by atoms with E-state index in [9.17, 15) is 4.79 Å². The first-order valence-corrected chi connectivity index (χ1v) is 9.10. The SMILES string of the molecule is CC(C)(C)OC(=O)N1CCC2(CCCN(Cc3ccccc3)C2)C1. The van der Waals surface area contributed by atoms with Gasteiger partial charge in [-0.25, -0.2) is 4.79 Å². The average Bonchev–Trinajstić information content (AvgIpc) is 2.90. The lowest BCUT2D eigenvalue weighted by Gasteiger charge is -2.40. The molecule has 4 heteroatoms. The van der Waals surface area contributed by atoms with Crippen molar-refractivity contribution in [3.63, 3.8) is 0 Å². The fraction of sp³-hybridized carbons (Fsp3) is 0.650. The second-order valence-corrected chi connectivity index (χ2v) is 8.45. The summed E-state index contributed by atoms with van der Waals surface area (Å²) in [5.41, 5.74) is 1.21. The molecule has 1 atom stereocenters. The van der Waals surface area contributed by atoms with E-state index in [4.69, 9.17) is 4.74 Å². The van der Waals surface area contributed by atoms with E-state index in [-0.39, 0.29) is 11.5 Å². The van der Waals surface area contributed by atoms with Gasteiger partial charge in [0.05, 0.1) is 0 Å². The molecule has 1 unspecified atom stereocenters. The molecule has 1 aromatic carbocycles. The highest BCUT2D eigenvalue weighted by Crippen LogP contribution is 2.39. The van der Waals surface area contributed by atoms with Crippen molar-refractivity contribution in [2.24, 2.45) is 5.41 Å². The fourth-order valence-corrected chi connectivity index (χ4v) is 4.04. The minimum Gasteiger partial charge on any atom is -0.444 e. The first-order valence-electron chi connectivity index (χ1n) is 9.10. The second-order valence-electron chi connectivity index (χ2n) is 8.45. The number of nitrogens with zero attached hydrogens (tertiary/aromatic N) is 2. The highest BCUT2D eigenvalue weighted by atomic mass is 16.6. The zero-order valence-corrected chi connectivity index (χ0v) is 15.3. The molecule has 0 bridgehead atoms. The topological polar surface area (TPSA) is 32.8 Å². The zero-order valence-electron chi connectivity index (χ0n) is 15.3. The Morgan fingerprint density at radius 1 is 1.12 bits per heavy atom. The molecule has 2 fully saturated rings. The van der Waals surface area contributed by atoms with Crippen molar-refractivity contribution >= 4 is 6.09 Å². The van der Waals surface area contributed by atoms with Crippen molar-refractivity contribution in [2.75, 3.05) is 26.2 Å². The molecule has 3 rings (SSSR count). The van der Waals surface area contributed by atoms with Crippen LogP contribution >= 0.6 is 0 Å². The van der Waals surface area contributed by atoms with Crippen LogP contribution in [0.2, 0.25) is 0 Å². The maximum Gasteiger partial charge on any atom is 0.410 e. The van der Waals surface area contributed by atoms with E-state index in [1.54, 1.807) is 0 Å². The van der Waals surface area contributed by atoms with Crippen LogP contribution in [-0.4, -0.2) is 47.7 Å². The van der Waals surface area contributed by atoms with Crippen LogP contribution in [0.3, 0.4) is 0 Å². The number of benzene rings is 1. The summed E-state index contributed by atoms with van der Waals surface area (Å²) in [4.78, 5) is 16.8. The summed E-state index contributed by atoms with van der Waals surface area (Å²) in [7, 11) is 0. The van der Waals surface area contributed by atoms with Gasteiger partial charge in [0.25, 0.3) is 0 Å². The summed E-state index contributed by atoms with van der Waals surface area (Å²) in [6.45, 7) is 10.7. The van der Waals surface area contributed by atoms with Crippen LogP contribution < -0.4 is 0 Å². The van der Waals surface area contributed by atoms with Gasteiger partial charge in [-0.1, -0.05) is 30.3 Å². The highest BCUT2D eigenvalue weighted by Gasteiger charge is 2.43. The van der Waals surface area contributed by atoms with Crippen LogP contribution in [0.25, 0.3) is 0 Å². The molecular weight excluding hydrogens is 300 g/mol. The van der Waals surface area contributed by atoms with Gasteiger partial charge in [-0.3, -0.25) is 4.90 Å². The lowest BCUT2D eigenvalue weighted by atomic mass is 9.79. The highest BCUT2D eigenvalue weighted by molar-refractivity contribution is 5.68. The Balaban J connectivity index is 1.59. The first-order chi connectivity index (χ1) is 11.4. The Morgan fingerprint density at radius 3 is 2.58 bits per heavy atom. The Labute approximate surface area is 145 Å². The summed E-state index contributed by atoms with van der Waals surface area (Å²) in [5.74, 6) is 0. The number of ether oxygens (including phenoxy) is 1. The predicted molar refractivity (Wildman–Crippen MR) is 95.8 cm³/mol. The smallest absolute Gasteiger partial charge is 0.410 e. The molecule has 1 amide bonds. The van der Waals surface area contributed by atoms with Gasteiger partial charge in [0.1, 0.15) is 5.60 Å². The number of hydrogen-bond acceptors (Lipinski definition) is 3. The third-order valence-electron chi connectivity index (χ3n) is 5.08. The fourth-order valence-electron chi connectivity index (χ4n) is 4.04. The normalized spacial score (nSPS) is 25.2. The molecular formula is C20H30N2O2. The third kappa shape index (κ3) is 4.29. The van der Waals surface area contributed by atoms with E-state index < -0.39 is 5.60 Å². The monoisotopic (exact) mass is 330 g/mol. The van der Waals surface area contributed by atoms with Gasteiger partial charge in [-0.05, 0) is 52.1 Å². The standard InChI is InChI=1S/C20H30N2O2/c1-19(2,3)24-18(23)22-13-11-20(16-22)10-7-12-21(15-20)14-17-8-5-4-6-9-17/h4-6,8-9H,7,10-16H2,1-3H3. The minimum atomic E-state index is -0.418. The number of likely N-dealkylation sites (tertiary alicyclic amines) is 2. The molecule has 24 heavy (non-hydrogen) atoms. The number of carbonyl (C=O) groups is 1. The van der Waals surface area contributed by atoms with Crippen molar-refractivity contribution in [1.29, 1.82) is 0 Å². The van der Waals surface area contributed by atoms with E-state index >= 15 is 0 Å². The second kappa shape index (κ2) is 6.75. The van der Waals surface area contributed by atoms with Crippen LogP contribution in [0.5, 0.6) is 0 Å². The summed E-state index contributed by atoms with van der Waals surface area (Å²) >= 11 is 0. The molecule has 2 aliphatic rings. The van der Waals surface area contributed by atoms with E-state index in [2.05, 4.69) is 35.2 Å². The van der Waals surface area contributed by atoms with E-state index in [1.165, 1.54) is 18.4 Å². The van der Waals surface area contributed by atoms with Crippen LogP contribution in [0, 0.1) is 5.41 Å². The van der Waals surface area contributed by atoms with Crippen molar-refractivity contribution in [2.45, 2.75) is 52.2 Å². The van der Waals surface area contributed by atoms with Gasteiger partial charge in [0, 0.05) is 31.6 Å². The lowest BCUT2D eigenvalue weighted by molar-refractivity contribution is 0.0234. The first kappa shape index (κ1) is 17.3. The van der Waals surface area contributed by atoms with Gasteiger partial charge < -0.3 is 9.64 Å². The summed E-state index contributed by atoms with van der Waals surface area (Å²) < 4.78 is 5.55. The average molecular weight is 330 g/mol. The van der Waals surface area contributed by atoms with Crippen molar-refractivity contribution in [3.8, 4) is 0 Å². The molecule has 0 aromatic heterocycles.